The molecule has 0 aromatic heterocycles. The summed E-state index contributed by atoms with van der Waals surface area (Å²) >= 11 is 3.50. The van der Waals surface area contributed by atoms with E-state index < -0.39 is 6.10 Å². The molecular weight excluding hydrogens is 312 g/mol. The van der Waals surface area contributed by atoms with Crippen molar-refractivity contribution in [2.24, 2.45) is 0 Å². The first-order valence-electron chi connectivity index (χ1n) is 7.20. The Morgan fingerprint density at radius 3 is 2.45 bits per heavy atom. The molecule has 0 heterocycles. The van der Waals surface area contributed by atoms with Gasteiger partial charge < -0.3 is 5.11 Å². The van der Waals surface area contributed by atoms with Crippen LogP contribution in [0.15, 0.2) is 40.9 Å². The van der Waals surface area contributed by atoms with Crippen molar-refractivity contribution in [1.82, 2.24) is 0 Å². The maximum absolute atomic E-state index is 10.6. The molecule has 1 aliphatic rings. The van der Waals surface area contributed by atoms with Crippen LogP contribution < -0.4 is 0 Å². The lowest BCUT2D eigenvalue weighted by molar-refractivity contribution is 0.220. The first kappa shape index (κ1) is 13.8. The van der Waals surface area contributed by atoms with E-state index in [1.807, 2.05) is 13.0 Å². The van der Waals surface area contributed by atoms with Gasteiger partial charge in [-0.2, -0.15) is 0 Å². The molecular formula is C18H19BrO. The fourth-order valence-corrected chi connectivity index (χ4v) is 3.66. The van der Waals surface area contributed by atoms with Crippen LogP contribution in [0.25, 0.3) is 0 Å². The molecule has 1 N–H and O–H groups in total. The van der Waals surface area contributed by atoms with Crippen molar-refractivity contribution in [3.63, 3.8) is 0 Å². The van der Waals surface area contributed by atoms with Gasteiger partial charge in [-0.05, 0) is 72.6 Å². The maximum Gasteiger partial charge on any atom is 0.104 e. The number of hydrogen-bond donors (Lipinski definition) is 1. The molecule has 2 aromatic carbocycles. The lowest BCUT2D eigenvalue weighted by atomic mass is 9.88. The molecule has 0 spiro atoms. The second-order valence-corrected chi connectivity index (χ2v) is 6.62. The summed E-state index contributed by atoms with van der Waals surface area (Å²) in [5.41, 5.74) is 5.99. The number of hydrogen-bond acceptors (Lipinski definition) is 1. The Balaban J connectivity index is 1.95. The van der Waals surface area contributed by atoms with Gasteiger partial charge in [-0.25, -0.2) is 0 Å². The fourth-order valence-electron chi connectivity index (χ4n) is 3.04. The van der Waals surface area contributed by atoms with E-state index in [1.54, 1.807) is 0 Å². The van der Waals surface area contributed by atoms with Gasteiger partial charge in [0, 0.05) is 4.47 Å². The average molecular weight is 331 g/mol. The van der Waals surface area contributed by atoms with Crippen LogP contribution in [-0.4, -0.2) is 5.11 Å². The largest absolute Gasteiger partial charge is 0.384 e. The molecule has 0 aliphatic heterocycles. The summed E-state index contributed by atoms with van der Waals surface area (Å²) < 4.78 is 1.02. The smallest absolute Gasteiger partial charge is 0.104 e. The number of rotatable bonds is 2. The van der Waals surface area contributed by atoms with Crippen LogP contribution in [0.5, 0.6) is 0 Å². The van der Waals surface area contributed by atoms with Crippen LogP contribution in [0.4, 0.5) is 0 Å². The molecule has 0 saturated carbocycles. The fraction of sp³-hybridized carbons (Fsp3) is 0.333. The number of fused-ring (bicyclic) bond motifs is 1. The normalized spacial score (nSPS) is 15.8. The molecule has 2 aromatic rings. The van der Waals surface area contributed by atoms with E-state index in [0.717, 1.165) is 27.6 Å². The summed E-state index contributed by atoms with van der Waals surface area (Å²) in [6.07, 6.45) is 4.34. The minimum absolute atomic E-state index is 0.543. The van der Waals surface area contributed by atoms with Crippen molar-refractivity contribution < 1.29 is 5.11 Å². The highest BCUT2D eigenvalue weighted by Gasteiger charge is 2.15. The molecule has 104 valence electrons. The molecule has 1 aliphatic carbocycles. The van der Waals surface area contributed by atoms with Gasteiger partial charge in [0.05, 0.1) is 0 Å². The van der Waals surface area contributed by atoms with Gasteiger partial charge in [-0.15, -0.1) is 0 Å². The third kappa shape index (κ3) is 2.82. The molecule has 1 nitrogen and oxygen atoms in total. The Labute approximate surface area is 128 Å². The molecule has 0 bridgehead atoms. The number of halogens is 1. The first-order valence-corrected chi connectivity index (χ1v) is 7.99. The lowest BCUT2D eigenvalue weighted by Gasteiger charge is -2.19. The SMILES string of the molecule is Cc1cc(Br)cc(C(O)c2ccc3c(c2)CCCC3)c1. The second kappa shape index (κ2) is 5.71. The predicted molar refractivity (Wildman–Crippen MR) is 86.0 cm³/mol. The topological polar surface area (TPSA) is 20.2 Å². The molecule has 3 rings (SSSR count). The van der Waals surface area contributed by atoms with Crippen molar-refractivity contribution in [3.8, 4) is 0 Å². The van der Waals surface area contributed by atoms with E-state index in [-0.39, 0.29) is 0 Å². The predicted octanol–water partition coefficient (Wildman–Crippen LogP) is 4.72. The van der Waals surface area contributed by atoms with Gasteiger partial charge in [-0.1, -0.05) is 40.2 Å². The van der Waals surface area contributed by atoms with Gasteiger partial charge in [0.1, 0.15) is 6.10 Å². The van der Waals surface area contributed by atoms with Crippen LogP contribution in [0.1, 0.15) is 46.8 Å². The highest BCUT2D eigenvalue weighted by molar-refractivity contribution is 9.10. The zero-order chi connectivity index (χ0) is 14.1. The monoisotopic (exact) mass is 330 g/mol. The summed E-state index contributed by atoms with van der Waals surface area (Å²) in [5.74, 6) is 0. The quantitative estimate of drug-likeness (QED) is 0.844. The maximum atomic E-state index is 10.6. The molecule has 1 unspecified atom stereocenters. The van der Waals surface area contributed by atoms with E-state index in [1.165, 1.54) is 30.4 Å². The Kier molecular flexibility index (Phi) is 3.95. The minimum Gasteiger partial charge on any atom is -0.384 e. The lowest BCUT2D eigenvalue weighted by Crippen LogP contribution is -2.06. The summed E-state index contributed by atoms with van der Waals surface area (Å²) in [6, 6.07) is 12.6. The average Bonchev–Trinajstić information content (AvgIpc) is 2.45. The van der Waals surface area contributed by atoms with E-state index in [4.69, 9.17) is 0 Å². The Bertz CT molecular complexity index is 613. The van der Waals surface area contributed by atoms with Crippen molar-refractivity contribution in [1.29, 1.82) is 0 Å². The minimum atomic E-state index is -0.543. The highest BCUT2D eigenvalue weighted by Crippen LogP contribution is 2.29. The Morgan fingerprint density at radius 1 is 0.950 bits per heavy atom. The number of aliphatic hydroxyl groups is 1. The summed E-state index contributed by atoms with van der Waals surface area (Å²) in [5, 5.41) is 10.6. The molecule has 0 saturated heterocycles. The molecule has 0 fully saturated rings. The van der Waals surface area contributed by atoms with Crippen molar-refractivity contribution in [2.45, 2.75) is 38.7 Å². The summed E-state index contributed by atoms with van der Waals surface area (Å²) in [4.78, 5) is 0. The first-order chi connectivity index (χ1) is 9.63. The van der Waals surface area contributed by atoms with Crippen molar-refractivity contribution in [3.05, 3.63) is 68.7 Å². The summed E-state index contributed by atoms with van der Waals surface area (Å²) in [6.45, 7) is 2.05. The zero-order valence-electron chi connectivity index (χ0n) is 11.7. The molecule has 2 heteroatoms. The van der Waals surface area contributed by atoms with E-state index in [2.05, 4.69) is 46.3 Å². The van der Waals surface area contributed by atoms with Gasteiger partial charge in [0.25, 0.3) is 0 Å². The number of benzene rings is 2. The second-order valence-electron chi connectivity index (χ2n) is 5.70. The van der Waals surface area contributed by atoms with Gasteiger partial charge in [0.15, 0.2) is 0 Å². The molecule has 20 heavy (non-hydrogen) atoms. The van der Waals surface area contributed by atoms with E-state index in [0.29, 0.717) is 0 Å². The number of aryl methyl sites for hydroxylation is 3. The summed E-state index contributed by atoms with van der Waals surface area (Å²) in [7, 11) is 0. The highest BCUT2D eigenvalue weighted by atomic mass is 79.9. The number of aliphatic hydroxyl groups excluding tert-OH is 1. The Hall–Kier alpha value is -1.12. The van der Waals surface area contributed by atoms with Crippen LogP contribution in [-0.2, 0) is 12.8 Å². The Morgan fingerprint density at radius 2 is 1.70 bits per heavy atom. The van der Waals surface area contributed by atoms with Gasteiger partial charge in [0.2, 0.25) is 0 Å². The van der Waals surface area contributed by atoms with Crippen molar-refractivity contribution in [2.75, 3.05) is 0 Å². The molecule has 0 radical (unpaired) electrons. The van der Waals surface area contributed by atoms with Crippen LogP contribution in [0.2, 0.25) is 0 Å². The standard InChI is InChI=1S/C18H19BrO/c1-12-8-16(11-17(19)9-12)18(20)15-7-6-13-4-2-3-5-14(13)10-15/h6-11,18,20H,2-5H2,1H3. The van der Waals surface area contributed by atoms with Crippen LogP contribution in [0.3, 0.4) is 0 Å². The molecule has 1 atom stereocenters. The van der Waals surface area contributed by atoms with E-state index in [9.17, 15) is 5.11 Å². The van der Waals surface area contributed by atoms with Crippen LogP contribution >= 0.6 is 15.9 Å². The van der Waals surface area contributed by atoms with Crippen LogP contribution in [0, 0.1) is 6.92 Å². The van der Waals surface area contributed by atoms with E-state index >= 15 is 0 Å². The molecule has 0 amide bonds. The van der Waals surface area contributed by atoms with Crippen molar-refractivity contribution >= 4 is 15.9 Å². The third-order valence-corrected chi connectivity index (χ3v) is 4.53. The third-order valence-electron chi connectivity index (χ3n) is 4.07. The van der Waals surface area contributed by atoms with Gasteiger partial charge >= 0.3 is 0 Å². The zero-order valence-corrected chi connectivity index (χ0v) is 13.3. The van der Waals surface area contributed by atoms with Gasteiger partial charge in [-0.3, -0.25) is 0 Å².